The molecular formula is C21H21ClFN5O2. The largest absolute Gasteiger partial charge is 0.366 e. The van der Waals surface area contributed by atoms with Gasteiger partial charge in [0.1, 0.15) is 5.82 Å². The van der Waals surface area contributed by atoms with E-state index in [1.54, 1.807) is 4.90 Å². The predicted molar refractivity (Wildman–Crippen MR) is 115 cm³/mol. The molecule has 9 heteroatoms. The monoisotopic (exact) mass is 429 g/mol. The van der Waals surface area contributed by atoms with Gasteiger partial charge in [0.2, 0.25) is 0 Å². The summed E-state index contributed by atoms with van der Waals surface area (Å²) in [4.78, 5) is 27.0. The minimum Gasteiger partial charge on any atom is -0.366 e. The molecule has 0 spiro atoms. The highest BCUT2D eigenvalue weighted by Gasteiger charge is 2.36. The van der Waals surface area contributed by atoms with Gasteiger partial charge in [-0.2, -0.15) is 4.68 Å². The molecule has 5 rings (SSSR count). The Bertz CT molecular complexity index is 1270. The Morgan fingerprint density at radius 3 is 2.47 bits per heavy atom. The lowest BCUT2D eigenvalue weighted by Gasteiger charge is -2.23. The molecule has 0 radical (unpaired) electrons. The van der Waals surface area contributed by atoms with Gasteiger partial charge >= 0.3 is 5.69 Å². The Kier molecular flexibility index (Phi) is 4.37. The van der Waals surface area contributed by atoms with Crippen molar-refractivity contribution in [3.8, 4) is 0 Å². The lowest BCUT2D eigenvalue weighted by Crippen LogP contribution is -2.44. The van der Waals surface area contributed by atoms with Crippen LogP contribution in [0.4, 0.5) is 10.1 Å². The smallest absolute Gasteiger partial charge is 0.350 e. The van der Waals surface area contributed by atoms with Crippen LogP contribution in [-0.4, -0.2) is 28.4 Å². The Balaban J connectivity index is 1.68. The molecule has 7 nitrogen and oxygen atoms in total. The molecule has 2 fully saturated rings. The quantitative estimate of drug-likeness (QED) is 0.620. The van der Waals surface area contributed by atoms with Crippen molar-refractivity contribution < 1.29 is 4.39 Å². The number of hydrogen-bond donors (Lipinski definition) is 2. The van der Waals surface area contributed by atoms with Gasteiger partial charge in [-0.1, -0.05) is 41.9 Å². The van der Waals surface area contributed by atoms with E-state index in [9.17, 15) is 9.59 Å². The summed E-state index contributed by atoms with van der Waals surface area (Å²) in [5.74, 6) is 5.03. The molecule has 0 unspecified atom stereocenters. The third-order valence-corrected chi connectivity index (χ3v) is 6.45. The minimum atomic E-state index is -0.764. The van der Waals surface area contributed by atoms with E-state index in [1.165, 1.54) is 4.57 Å². The molecule has 2 atom stereocenters. The zero-order valence-electron chi connectivity index (χ0n) is 16.1. The summed E-state index contributed by atoms with van der Waals surface area (Å²) >= 11 is 6.67. The predicted octanol–water partition coefficient (Wildman–Crippen LogP) is 1.94. The van der Waals surface area contributed by atoms with Crippen LogP contribution < -0.4 is 27.7 Å². The van der Waals surface area contributed by atoms with Crippen LogP contribution in [-0.2, 0) is 0 Å². The van der Waals surface area contributed by atoms with Crippen molar-refractivity contribution in [1.82, 2.24) is 9.24 Å². The van der Waals surface area contributed by atoms with Gasteiger partial charge in [0.05, 0.1) is 21.6 Å². The van der Waals surface area contributed by atoms with E-state index in [0.717, 1.165) is 24.5 Å². The highest BCUT2D eigenvalue weighted by molar-refractivity contribution is 6.38. The van der Waals surface area contributed by atoms with Crippen molar-refractivity contribution in [2.75, 3.05) is 23.8 Å². The first-order chi connectivity index (χ1) is 14.4. The summed E-state index contributed by atoms with van der Waals surface area (Å²) in [6, 6.07) is 10.7. The lowest BCUT2D eigenvalue weighted by atomic mass is 9.95. The summed E-state index contributed by atoms with van der Waals surface area (Å²) in [5.41, 5.74) is 6.45. The molecular weight excluding hydrogens is 409 g/mol. The van der Waals surface area contributed by atoms with Crippen LogP contribution in [0.3, 0.4) is 0 Å². The summed E-state index contributed by atoms with van der Waals surface area (Å²) in [7, 11) is 0. The van der Waals surface area contributed by atoms with Gasteiger partial charge in [-0.05, 0) is 24.5 Å². The van der Waals surface area contributed by atoms with Gasteiger partial charge in [-0.15, -0.1) is 0 Å². The molecule has 1 aliphatic carbocycles. The van der Waals surface area contributed by atoms with Crippen molar-refractivity contribution in [3.63, 3.8) is 0 Å². The molecule has 2 aliphatic rings. The molecule has 0 bridgehead atoms. The second kappa shape index (κ2) is 6.85. The van der Waals surface area contributed by atoms with Gasteiger partial charge in [-0.25, -0.2) is 9.18 Å². The van der Waals surface area contributed by atoms with E-state index < -0.39 is 17.1 Å². The average molecular weight is 430 g/mol. The second-order valence-corrected chi connectivity index (χ2v) is 8.44. The second-order valence-electron chi connectivity index (χ2n) is 8.06. The number of nitrogen functional groups attached to an aromatic ring is 1. The molecule has 30 heavy (non-hydrogen) atoms. The van der Waals surface area contributed by atoms with Gasteiger partial charge < -0.3 is 16.5 Å². The third-order valence-electron chi connectivity index (χ3n) is 6.09. The minimum absolute atomic E-state index is 0.00152. The average Bonchev–Trinajstić information content (AvgIpc) is 3.50. The maximum Gasteiger partial charge on any atom is 0.350 e. The molecule has 0 amide bonds. The van der Waals surface area contributed by atoms with Crippen LogP contribution in [0.5, 0.6) is 0 Å². The van der Waals surface area contributed by atoms with E-state index in [-0.39, 0.29) is 39.6 Å². The van der Waals surface area contributed by atoms with Crippen molar-refractivity contribution in [2.45, 2.75) is 30.8 Å². The third kappa shape index (κ3) is 2.82. The van der Waals surface area contributed by atoms with Crippen LogP contribution >= 0.6 is 11.6 Å². The van der Waals surface area contributed by atoms with Crippen molar-refractivity contribution in [1.29, 1.82) is 0 Å². The number of halogens is 2. The Hall–Kier alpha value is -2.84. The van der Waals surface area contributed by atoms with Crippen LogP contribution in [0.15, 0.2) is 46.0 Å². The topological polar surface area (TPSA) is 99.3 Å². The number of rotatable bonds is 3. The zero-order chi connectivity index (χ0) is 21.2. The molecule has 156 valence electrons. The van der Waals surface area contributed by atoms with E-state index >= 15 is 4.39 Å². The molecule has 4 N–H and O–H groups in total. The standard InChI is InChI=1S/C21H21ClFN5O2/c22-17-18-13(20(29)28(25)21(30)27(18)12-6-7-12)8-15(23)19(17)26-9-14(16(24)10-26)11-4-2-1-3-5-11/h1-5,8,12,14,16H,6-7,9-10,24-25H2/t14-,16+/m0/s1. The number of hydrogen-bond acceptors (Lipinski definition) is 5. The molecule has 2 aromatic carbocycles. The first-order valence-electron chi connectivity index (χ1n) is 9.88. The first kappa shape index (κ1) is 19.1. The molecule has 1 saturated heterocycles. The van der Waals surface area contributed by atoms with Crippen LogP contribution in [0.2, 0.25) is 5.02 Å². The van der Waals surface area contributed by atoms with Crippen molar-refractivity contribution >= 4 is 28.2 Å². The fourth-order valence-corrected chi connectivity index (χ4v) is 4.85. The van der Waals surface area contributed by atoms with Gasteiger partial charge in [0.15, 0.2) is 0 Å². The number of nitrogens with zero attached hydrogens (tertiary/aromatic N) is 3. The maximum absolute atomic E-state index is 15.2. The number of aromatic nitrogens is 2. The van der Waals surface area contributed by atoms with Crippen molar-refractivity contribution in [2.24, 2.45) is 5.73 Å². The van der Waals surface area contributed by atoms with E-state index in [2.05, 4.69) is 0 Å². The Morgan fingerprint density at radius 2 is 1.80 bits per heavy atom. The van der Waals surface area contributed by atoms with Crippen LogP contribution in [0.1, 0.15) is 30.4 Å². The maximum atomic E-state index is 15.2. The summed E-state index contributed by atoms with van der Waals surface area (Å²) in [6.07, 6.45) is 1.56. The summed E-state index contributed by atoms with van der Waals surface area (Å²) in [6.45, 7) is 0.887. The number of anilines is 1. The zero-order valence-corrected chi connectivity index (χ0v) is 16.8. The fraction of sp³-hybridized carbons (Fsp3) is 0.333. The van der Waals surface area contributed by atoms with Crippen LogP contribution in [0, 0.1) is 5.82 Å². The van der Waals surface area contributed by atoms with Crippen LogP contribution in [0.25, 0.3) is 10.9 Å². The first-order valence-corrected chi connectivity index (χ1v) is 10.3. The van der Waals surface area contributed by atoms with E-state index in [1.807, 2.05) is 30.3 Å². The normalized spacial score (nSPS) is 21.5. The highest BCUT2D eigenvalue weighted by atomic mass is 35.5. The molecule has 1 aliphatic heterocycles. The number of fused-ring (bicyclic) bond motifs is 1. The highest BCUT2D eigenvalue weighted by Crippen LogP contribution is 2.42. The molecule has 1 saturated carbocycles. The Morgan fingerprint density at radius 1 is 1.10 bits per heavy atom. The van der Waals surface area contributed by atoms with Gasteiger partial charge in [0.25, 0.3) is 5.56 Å². The van der Waals surface area contributed by atoms with E-state index in [0.29, 0.717) is 17.8 Å². The number of benzene rings is 2. The van der Waals surface area contributed by atoms with E-state index in [4.69, 9.17) is 23.2 Å². The summed E-state index contributed by atoms with van der Waals surface area (Å²) in [5, 5.41) is 0.0472. The Labute approximate surface area is 176 Å². The SMILES string of the molecule is N[C@@H]1CN(c2c(F)cc3c(=O)n(N)c(=O)n(C4CC4)c3c2Cl)C[C@H]1c1ccccc1. The van der Waals surface area contributed by atoms with Gasteiger partial charge in [-0.3, -0.25) is 9.36 Å². The molecule has 1 aromatic heterocycles. The summed E-state index contributed by atoms with van der Waals surface area (Å²) < 4.78 is 17.2. The fourth-order valence-electron chi connectivity index (χ4n) is 4.45. The molecule has 3 aromatic rings. The number of nitrogens with two attached hydrogens (primary N) is 2. The molecule has 2 heterocycles. The lowest BCUT2D eigenvalue weighted by molar-refractivity contribution is 0.620. The van der Waals surface area contributed by atoms with Crippen molar-refractivity contribution in [3.05, 3.63) is 73.6 Å². The van der Waals surface area contributed by atoms with Gasteiger partial charge in [0, 0.05) is 31.1 Å².